The van der Waals surface area contributed by atoms with Gasteiger partial charge in [0, 0.05) is 18.4 Å². The molecule has 16 heavy (non-hydrogen) atoms. The predicted octanol–water partition coefficient (Wildman–Crippen LogP) is 1.22. The molecule has 0 aliphatic carbocycles. The van der Waals surface area contributed by atoms with Crippen LogP contribution in [-0.4, -0.2) is 27.0 Å². The van der Waals surface area contributed by atoms with Gasteiger partial charge in [0.2, 0.25) is 0 Å². The summed E-state index contributed by atoms with van der Waals surface area (Å²) in [5, 5.41) is 0.441. The Bertz CT molecular complexity index is 459. The monoisotopic (exact) mass is 263 g/mol. The van der Waals surface area contributed by atoms with Crippen molar-refractivity contribution < 1.29 is 13.2 Å². The van der Waals surface area contributed by atoms with Crippen LogP contribution in [0.2, 0.25) is 5.02 Å². The molecule has 0 saturated heterocycles. The third kappa shape index (κ3) is 4.00. The summed E-state index contributed by atoms with van der Waals surface area (Å²) in [7, 11) is -3.03. The van der Waals surface area contributed by atoms with E-state index in [1.54, 1.807) is 18.2 Å². The van der Waals surface area contributed by atoms with Gasteiger partial charge in [0.25, 0.3) is 0 Å². The summed E-state index contributed by atoms with van der Waals surface area (Å²) in [6.07, 6.45) is 1.16. The molecule has 0 radical (unpaired) electrons. The number of benzene rings is 1. The third-order valence-electron chi connectivity index (χ3n) is 1.97. The Hall–Kier alpha value is -0.780. The van der Waals surface area contributed by atoms with E-state index in [-0.39, 0.29) is 12.4 Å². The molecule has 0 bridgehead atoms. The lowest BCUT2D eigenvalue weighted by molar-refractivity contribution is 0.337. The molecular weight excluding hydrogens is 250 g/mol. The second-order valence-electron chi connectivity index (χ2n) is 3.41. The lowest BCUT2D eigenvalue weighted by atomic mass is 10.2. The molecular formula is C10H14ClNO3S. The Morgan fingerprint density at radius 1 is 1.44 bits per heavy atom. The highest BCUT2D eigenvalue weighted by Gasteiger charge is 2.08. The van der Waals surface area contributed by atoms with Crippen LogP contribution >= 0.6 is 11.6 Å². The molecule has 90 valence electrons. The normalized spacial score (nSPS) is 11.4. The summed E-state index contributed by atoms with van der Waals surface area (Å²) in [6, 6.07) is 5.24. The molecule has 0 spiro atoms. The summed E-state index contributed by atoms with van der Waals surface area (Å²) in [5.74, 6) is 0.428. The fraction of sp³-hybridized carbons (Fsp3) is 0.400. The van der Waals surface area contributed by atoms with Gasteiger partial charge < -0.3 is 10.5 Å². The van der Waals surface area contributed by atoms with Crippen LogP contribution in [0.5, 0.6) is 5.75 Å². The Labute approximate surface area is 100 Å². The molecule has 0 fully saturated rings. The highest BCUT2D eigenvalue weighted by Crippen LogP contribution is 2.28. The Kier molecular flexibility index (Phi) is 4.58. The maximum Gasteiger partial charge on any atom is 0.150 e. The second-order valence-corrected chi connectivity index (χ2v) is 6.08. The van der Waals surface area contributed by atoms with Gasteiger partial charge in [-0.1, -0.05) is 23.7 Å². The molecule has 1 aromatic carbocycles. The Balaban J connectivity index is 2.73. The molecule has 6 heteroatoms. The van der Waals surface area contributed by atoms with E-state index in [2.05, 4.69) is 0 Å². The van der Waals surface area contributed by atoms with Crippen LogP contribution in [0.15, 0.2) is 18.2 Å². The number of ether oxygens (including phenoxy) is 1. The van der Waals surface area contributed by atoms with Gasteiger partial charge in [-0.05, 0) is 6.07 Å². The second kappa shape index (κ2) is 5.52. The maximum absolute atomic E-state index is 10.9. The largest absolute Gasteiger partial charge is 0.491 e. The SMILES string of the molecule is CS(=O)(=O)CCOc1c(Cl)cccc1CN. The number of hydrogen-bond donors (Lipinski definition) is 1. The van der Waals surface area contributed by atoms with Gasteiger partial charge in [0.15, 0.2) is 9.84 Å². The first-order chi connectivity index (χ1) is 7.44. The molecule has 0 saturated carbocycles. The molecule has 1 rings (SSSR count). The van der Waals surface area contributed by atoms with Crippen LogP contribution in [0.4, 0.5) is 0 Å². The molecule has 0 aromatic heterocycles. The van der Waals surface area contributed by atoms with Gasteiger partial charge >= 0.3 is 0 Å². The molecule has 0 amide bonds. The zero-order chi connectivity index (χ0) is 12.2. The smallest absolute Gasteiger partial charge is 0.150 e. The number of nitrogens with two attached hydrogens (primary N) is 1. The van der Waals surface area contributed by atoms with Crippen LogP contribution in [0, 0.1) is 0 Å². The van der Waals surface area contributed by atoms with Crippen molar-refractivity contribution in [3.63, 3.8) is 0 Å². The van der Waals surface area contributed by atoms with Crippen LogP contribution < -0.4 is 10.5 Å². The lowest BCUT2D eigenvalue weighted by Crippen LogP contribution is -2.13. The van der Waals surface area contributed by atoms with Crippen molar-refractivity contribution in [2.24, 2.45) is 5.73 Å². The lowest BCUT2D eigenvalue weighted by Gasteiger charge is -2.11. The standard InChI is InChI=1S/C10H14ClNO3S/c1-16(13,14)6-5-15-10-8(7-12)3-2-4-9(10)11/h2-4H,5-7,12H2,1H3. The first-order valence-electron chi connectivity index (χ1n) is 4.72. The fourth-order valence-corrected chi connectivity index (χ4v) is 1.81. The predicted molar refractivity (Wildman–Crippen MR) is 64.5 cm³/mol. The summed E-state index contributed by atoms with van der Waals surface area (Å²) >= 11 is 5.93. The van der Waals surface area contributed by atoms with Crippen LogP contribution in [-0.2, 0) is 16.4 Å². The highest BCUT2D eigenvalue weighted by atomic mass is 35.5. The zero-order valence-electron chi connectivity index (χ0n) is 8.94. The number of rotatable bonds is 5. The minimum Gasteiger partial charge on any atom is -0.491 e. The summed E-state index contributed by atoms with van der Waals surface area (Å²) in [4.78, 5) is 0. The molecule has 0 heterocycles. The fourth-order valence-electron chi connectivity index (χ4n) is 1.17. The molecule has 1 aromatic rings. The van der Waals surface area contributed by atoms with Crippen molar-refractivity contribution in [2.75, 3.05) is 18.6 Å². The van der Waals surface area contributed by atoms with E-state index in [9.17, 15) is 8.42 Å². The van der Waals surface area contributed by atoms with Gasteiger partial charge in [0.05, 0.1) is 10.8 Å². The van der Waals surface area contributed by atoms with Gasteiger partial charge in [0.1, 0.15) is 12.4 Å². The van der Waals surface area contributed by atoms with Crippen LogP contribution in [0.25, 0.3) is 0 Å². The molecule has 0 aliphatic heterocycles. The first kappa shape index (κ1) is 13.3. The summed E-state index contributed by atoms with van der Waals surface area (Å²) < 4.78 is 27.2. The van der Waals surface area contributed by atoms with Crippen LogP contribution in [0.1, 0.15) is 5.56 Å². The van der Waals surface area contributed by atoms with Crippen molar-refractivity contribution in [2.45, 2.75) is 6.54 Å². The molecule has 0 atom stereocenters. The number of halogens is 1. The quantitative estimate of drug-likeness (QED) is 0.867. The molecule has 4 nitrogen and oxygen atoms in total. The Morgan fingerprint density at radius 3 is 2.69 bits per heavy atom. The van der Waals surface area contributed by atoms with E-state index in [4.69, 9.17) is 22.1 Å². The molecule has 0 aliphatic rings. The van der Waals surface area contributed by atoms with Crippen molar-refractivity contribution in [1.29, 1.82) is 0 Å². The summed E-state index contributed by atoms with van der Waals surface area (Å²) in [6.45, 7) is 0.379. The summed E-state index contributed by atoms with van der Waals surface area (Å²) in [5.41, 5.74) is 6.28. The topological polar surface area (TPSA) is 69.4 Å². The van der Waals surface area contributed by atoms with E-state index in [1.165, 1.54) is 0 Å². The van der Waals surface area contributed by atoms with Gasteiger partial charge in [-0.2, -0.15) is 0 Å². The van der Waals surface area contributed by atoms with Crippen LogP contribution in [0.3, 0.4) is 0 Å². The number of sulfone groups is 1. The maximum atomic E-state index is 10.9. The Morgan fingerprint density at radius 2 is 2.12 bits per heavy atom. The van der Waals surface area contributed by atoms with E-state index < -0.39 is 9.84 Å². The first-order valence-corrected chi connectivity index (χ1v) is 7.16. The van der Waals surface area contributed by atoms with E-state index in [0.29, 0.717) is 17.3 Å². The van der Waals surface area contributed by atoms with Crippen molar-refractivity contribution in [1.82, 2.24) is 0 Å². The molecule has 0 unspecified atom stereocenters. The minimum atomic E-state index is -3.03. The third-order valence-corrected chi connectivity index (χ3v) is 3.17. The van der Waals surface area contributed by atoms with Gasteiger partial charge in [-0.15, -0.1) is 0 Å². The molecule has 2 N–H and O–H groups in total. The number of para-hydroxylation sites is 1. The van der Waals surface area contributed by atoms with Gasteiger partial charge in [-0.3, -0.25) is 0 Å². The van der Waals surface area contributed by atoms with E-state index >= 15 is 0 Å². The average molecular weight is 264 g/mol. The van der Waals surface area contributed by atoms with Crippen molar-refractivity contribution in [3.8, 4) is 5.75 Å². The van der Waals surface area contributed by atoms with Crippen molar-refractivity contribution >= 4 is 21.4 Å². The van der Waals surface area contributed by atoms with E-state index in [0.717, 1.165) is 11.8 Å². The highest BCUT2D eigenvalue weighted by molar-refractivity contribution is 7.90. The number of hydrogen-bond acceptors (Lipinski definition) is 4. The average Bonchev–Trinajstić information content (AvgIpc) is 2.18. The van der Waals surface area contributed by atoms with E-state index in [1.807, 2.05) is 0 Å². The van der Waals surface area contributed by atoms with Gasteiger partial charge in [-0.25, -0.2) is 8.42 Å². The zero-order valence-corrected chi connectivity index (χ0v) is 10.5. The minimum absolute atomic E-state index is 0.0394. The van der Waals surface area contributed by atoms with Crippen molar-refractivity contribution in [3.05, 3.63) is 28.8 Å².